The van der Waals surface area contributed by atoms with Crippen molar-refractivity contribution >= 4 is 17.9 Å². The molecule has 14 nitrogen and oxygen atoms in total. The SMILES string of the molecule is COC(=O)COCCOCCOCCOCCOCCOCCOCCOCCOC(=O)CCCCC(=O)O. The summed E-state index contributed by atoms with van der Waals surface area (Å²) >= 11 is 0. The van der Waals surface area contributed by atoms with Gasteiger partial charge >= 0.3 is 17.9 Å². The predicted molar refractivity (Wildman–Crippen MR) is 136 cm³/mol. The number of methoxy groups -OCH3 is 1. The largest absolute Gasteiger partial charge is 0.481 e. The van der Waals surface area contributed by atoms with Crippen LogP contribution >= 0.6 is 0 Å². The average molecular weight is 571 g/mol. The Morgan fingerprint density at radius 2 is 0.795 bits per heavy atom. The third-order valence-electron chi connectivity index (χ3n) is 4.56. The van der Waals surface area contributed by atoms with E-state index >= 15 is 0 Å². The van der Waals surface area contributed by atoms with Gasteiger partial charge in [-0.15, -0.1) is 0 Å². The zero-order chi connectivity index (χ0) is 28.7. The van der Waals surface area contributed by atoms with Crippen LogP contribution in [0.25, 0.3) is 0 Å². The number of aliphatic carboxylic acids is 1. The van der Waals surface area contributed by atoms with Gasteiger partial charge in [-0.2, -0.15) is 0 Å². The minimum Gasteiger partial charge on any atom is -0.481 e. The van der Waals surface area contributed by atoms with E-state index in [0.717, 1.165) is 0 Å². The van der Waals surface area contributed by atoms with Crippen LogP contribution in [0.2, 0.25) is 0 Å². The van der Waals surface area contributed by atoms with Crippen LogP contribution in [-0.2, 0) is 61.8 Å². The maximum Gasteiger partial charge on any atom is 0.331 e. The molecule has 0 heterocycles. The standard InChI is InChI=1S/C25H46O14/c1-30-25(29)22-38-19-18-36-15-14-34-11-10-32-7-6-31-8-9-33-12-13-35-16-17-37-20-21-39-24(28)5-3-2-4-23(26)27/h2-22H2,1H3,(H,26,27). The molecule has 230 valence electrons. The molecule has 0 aliphatic rings. The molecule has 0 saturated heterocycles. The molecule has 0 radical (unpaired) electrons. The maximum atomic E-state index is 11.4. The number of ether oxygens (including phenoxy) is 10. The Morgan fingerprint density at radius 1 is 0.462 bits per heavy atom. The molecule has 14 heteroatoms. The van der Waals surface area contributed by atoms with Crippen molar-refractivity contribution in [1.82, 2.24) is 0 Å². The third-order valence-corrected chi connectivity index (χ3v) is 4.56. The lowest BCUT2D eigenvalue weighted by Crippen LogP contribution is -2.16. The first-order chi connectivity index (χ1) is 19.1. The fraction of sp³-hybridized carbons (Fsp3) is 0.880. The number of hydrogen-bond donors (Lipinski definition) is 1. The number of rotatable bonds is 31. The predicted octanol–water partition coefficient (Wildman–Crippen LogP) is 0.480. The zero-order valence-corrected chi connectivity index (χ0v) is 23.1. The molecule has 0 bridgehead atoms. The van der Waals surface area contributed by atoms with Crippen LogP contribution in [0.5, 0.6) is 0 Å². The molecule has 0 aromatic rings. The second-order valence-electron chi connectivity index (χ2n) is 7.74. The highest BCUT2D eigenvalue weighted by atomic mass is 16.6. The lowest BCUT2D eigenvalue weighted by Gasteiger charge is -2.09. The molecule has 0 aromatic carbocycles. The zero-order valence-electron chi connectivity index (χ0n) is 23.1. The molecule has 39 heavy (non-hydrogen) atoms. The summed E-state index contributed by atoms with van der Waals surface area (Å²) in [6.07, 6.45) is 1.23. The highest BCUT2D eigenvalue weighted by Crippen LogP contribution is 2.01. The van der Waals surface area contributed by atoms with Crippen molar-refractivity contribution < 1.29 is 66.9 Å². The van der Waals surface area contributed by atoms with Gasteiger partial charge in [0, 0.05) is 12.8 Å². The van der Waals surface area contributed by atoms with Crippen molar-refractivity contribution in [2.75, 3.05) is 119 Å². The van der Waals surface area contributed by atoms with E-state index in [1.54, 1.807) is 0 Å². The van der Waals surface area contributed by atoms with Gasteiger partial charge < -0.3 is 52.5 Å². The highest BCUT2D eigenvalue weighted by molar-refractivity contribution is 5.70. The van der Waals surface area contributed by atoms with Gasteiger partial charge in [0.05, 0.1) is 106 Å². The minimum absolute atomic E-state index is 0.0581. The lowest BCUT2D eigenvalue weighted by molar-refractivity contribution is -0.146. The van der Waals surface area contributed by atoms with Crippen molar-refractivity contribution in [1.29, 1.82) is 0 Å². The highest BCUT2D eigenvalue weighted by Gasteiger charge is 2.04. The molecule has 0 unspecified atom stereocenters. The minimum atomic E-state index is -0.866. The van der Waals surface area contributed by atoms with Gasteiger partial charge in [-0.25, -0.2) is 4.79 Å². The lowest BCUT2D eigenvalue weighted by atomic mass is 10.2. The quantitative estimate of drug-likeness (QED) is 0.0904. The van der Waals surface area contributed by atoms with E-state index in [1.807, 2.05) is 0 Å². The summed E-state index contributed by atoms with van der Waals surface area (Å²) in [4.78, 5) is 32.6. The van der Waals surface area contributed by atoms with Crippen LogP contribution in [0.4, 0.5) is 0 Å². The van der Waals surface area contributed by atoms with Gasteiger partial charge in [0.2, 0.25) is 0 Å². The van der Waals surface area contributed by atoms with Crippen LogP contribution in [0.3, 0.4) is 0 Å². The molecule has 0 spiro atoms. The van der Waals surface area contributed by atoms with E-state index in [2.05, 4.69) is 4.74 Å². The summed E-state index contributed by atoms with van der Waals surface area (Å²) in [5, 5.41) is 8.52. The third kappa shape index (κ3) is 32.2. The van der Waals surface area contributed by atoms with Crippen LogP contribution in [0.15, 0.2) is 0 Å². The summed E-state index contributed by atoms with van der Waals surface area (Å²) in [6.45, 7) is 6.38. The van der Waals surface area contributed by atoms with Crippen LogP contribution in [0.1, 0.15) is 25.7 Å². The van der Waals surface area contributed by atoms with Gasteiger partial charge in [-0.1, -0.05) is 0 Å². The molecular formula is C25H46O14. The van der Waals surface area contributed by atoms with Crippen molar-refractivity contribution in [2.45, 2.75) is 25.7 Å². The summed E-state index contributed by atoms with van der Waals surface area (Å²) in [5.41, 5.74) is 0. The first-order valence-electron chi connectivity index (χ1n) is 13.1. The summed E-state index contributed by atoms with van der Waals surface area (Å²) in [7, 11) is 1.31. The van der Waals surface area contributed by atoms with Crippen LogP contribution < -0.4 is 0 Å². The van der Waals surface area contributed by atoms with Crippen LogP contribution in [0, 0.1) is 0 Å². The Labute approximate surface area is 230 Å². The Hall–Kier alpha value is -1.91. The van der Waals surface area contributed by atoms with E-state index in [9.17, 15) is 14.4 Å². The number of carboxylic acid groups (broad SMARTS) is 1. The van der Waals surface area contributed by atoms with Gasteiger partial charge in [-0.3, -0.25) is 9.59 Å². The first kappa shape index (κ1) is 37.1. The Kier molecular flexibility index (Phi) is 29.1. The molecule has 0 saturated carbocycles. The second kappa shape index (κ2) is 30.6. The molecule has 0 fully saturated rings. The number of esters is 2. The number of unbranched alkanes of at least 4 members (excludes halogenated alkanes) is 1. The molecule has 0 aliphatic carbocycles. The Balaban J connectivity index is 3.12. The fourth-order valence-corrected chi connectivity index (χ4v) is 2.59. The van der Waals surface area contributed by atoms with E-state index in [-0.39, 0.29) is 38.6 Å². The Morgan fingerprint density at radius 3 is 1.15 bits per heavy atom. The smallest absolute Gasteiger partial charge is 0.331 e. The van der Waals surface area contributed by atoms with Crippen molar-refractivity contribution in [3.05, 3.63) is 0 Å². The topological polar surface area (TPSA) is 164 Å². The van der Waals surface area contributed by atoms with E-state index in [4.69, 9.17) is 47.7 Å². The first-order valence-corrected chi connectivity index (χ1v) is 13.1. The molecular weight excluding hydrogens is 524 g/mol. The average Bonchev–Trinajstić information content (AvgIpc) is 2.92. The van der Waals surface area contributed by atoms with Gasteiger partial charge in [0.25, 0.3) is 0 Å². The van der Waals surface area contributed by atoms with Crippen molar-refractivity contribution in [3.63, 3.8) is 0 Å². The Bertz CT molecular complexity index is 575. The van der Waals surface area contributed by atoms with Gasteiger partial charge in [-0.05, 0) is 12.8 Å². The van der Waals surface area contributed by atoms with E-state index < -0.39 is 11.9 Å². The molecule has 0 aromatic heterocycles. The molecule has 0 atom stereocenters. The number of carboxylic acids is 1. The van der Waals surface area contributed by atoms with E-state index in [0.29, 0.717) is 105 Å². The summed E-state index contributed by atoms with van der Waals surface area (Å²) in [5.74, 6) is -1.63. The number of hydrogen-bond acceptors (Lipinski definition) is 13. The second-order valence-corrected chi connectivity index (χ2v) is 7.74. The normalized spacial score (nSPS) is 11.0. The van der Waals surface area contributed by atoms with Crippen LogP contribution in [-0.4, -0.2) is 142 Å². The van der Waals surface area contributed by atoms with Crippen molar-refractivity contribution in [2.24, 2.45) is 0 Å². The van der Waals surface area contributed by atoms with E-state index in [1.165, 1.54) is 7.11 Å². The summed E-state index contributed by atoms with van der Waals surface area (Å²) < 4.78 is 52.1. The molecule has 0 aliphatic heterocycles. The van der Waals surface area contributed by atoms with Gasteiger partial charge in [0.1, 0.15) is 13.2 Å². The van der Waals surface area contributed by atoms with Crippen molar-refractivity contribution in [3.8, 4) is 0 Å². The molecule has 0 rings (SSSR count). The fourth-order valence-electron chi connectivity index (χ4n) is 2.59. The number of carbonyl (C=O) groups excluding carboxylic acids is 2. The maximum absolute atomic E-state index is 11.4. The monoisotopic (exact) mass is 570 g/mol. The summed E-state index contributed by atoms with van der Waals surface area (Å²) in [6, 6.07) is 0. The molecule has 0 amide bonds. The van der Waals surface area contributed by atoms with Gasteiger partial charge in [0.15, 0.2) is 0 Å². The molecule has 1 N–H and O–H groups in total. The number of carbonyl (C=O) groups is 3.